The van der Waals surface area contributed by atoms with E-state index >= 15 is 0 Å². The normalized spacial score (nSPS) is 11.4. The Morgan fingerprint density at radius 1 is 0.853 bits per heavy atom. The van der Waals surface area contributed by atoms with E-state index in [1.165, 1.54) is 0 Å². The van der Waals surface area contributed by atoms with Crippen LogP contribution in [0.4, 0.5) is 0 Å². The summed E-state index contributed by atoms with van der Waals surface area (Å²) in [7, 11) is 0. The van der Waals surface area contributed by atoms with Crippen LogP contribution >= 0.6 is 0 Å². The third kappa shape index (κ3) is 4.09. The quantitative estimate of drug-likeness (QED) is 0.309. The molecule has 0 aliphatic rings. The molecule has 34 heavy (non-hydrogen) atoms. The first-order valence-electron chi connectivity index (χ1n) is 11.5. The van der Waals surface area contributed by atoms with Crippen LogP contribution in [0.1, 0.15) is 36.7 Å². The molecule has 170 valence electrons. The van der Waals surface area contributed by atoms with Crippen LogP contribution in [-0.2, 0) is 13.2 Å². The van der Waals surface area contributed by atoms with E-state index in [-0.39, 0.29) is 18.0 Å². The molecule has 0 saturated heterocycles. The van der Waals surface area contributed by atoms with Crippen molar-refractivity contribution in [2.75, 3.05) is 0 Å². The average molecular weight is 451 g/mol. The van der Waals surface area contributed by atoms with Gasteiger partial charge < -0.3 is 14.3 Å². The van der Waals surface area contributed by atoms with E-state index in [1.54, 1.807) is 12.1 Å². The fourth-order valence-corrected chi connectivity index (χ4v) is 4.36. The van der Waals surface area contributed by atoms with Crippen molar-refractivity contribution >= 4 is 21.7 Å². The first-order chi connectivity index (χ1) is 16.5. The second-order valence-corrected chi connectivity index (χ2v) is 8.75. The predicted molar refractivity (Wildman–Crippen MR) is 136 cm³/mol. The highest BCUT2D eigenvalue weighted by molar-refractivity contribution is 5.95. The molecule has 0 unspecified atom stereocenters. The number of ether oxygens (including phenoxy) is 1. The second kappa shape index (κ2) is 9.16. The molecule has 4 nitrogen and oxygen atoms in total. The summed E-state index contributed by atoms with van der Waals surface area (Å²) in [6.45, 7) is 4.23. The molecule has 1 N–H and O–H groups in total. The van der Waals surface area contributed by atoms with Crippen LogP contribution in [0.5, 0.6) is 5.75 Å². The summed E-state index contributed by atoms with van der Waals surface area (Å²) < 4.78 is 12.4. The summed E-state index contributed by atoms with van der Waals surface area (Å²) in [4.78, 5) is 13.2. The molecule has 0 bridgehead atoms. The van der Waals surface area contributed by atoms with Crippen molar-refractivity contribution in [1.82, 2.24) is 0 Å². The lowest BCUT2D eigenvalue weighted by Gasteiger charge is -2.15. The first kappa shape index (κ1) is 21.9. The molecule has 0 aliphatic carbocycles. The fraction of sp³-hybridized carbons (Fsp3) is 0.167. The minimum Gasteiger partial charge on any atom is -0.489 e. The van der Waals surface area contributed by atoms with Gasteiger partial charge in [0.25, 0.3) is 0 Å². The monoisotopic (exact) mass is 450 g/mol. The minimum absolute atomic E-state index is 0.0746. The molecular weight excluding hydrogens is 424 g/mol. The Morgan fingerprint density at radius 3 is 2.41 bits per heavy atom. The van der Waals surface area contributed by atoms with Crippen molar-refractivity contribution in [2.45, 2.75) is 33.0 Å². The summed E-state index contributed by atoms with van der Waals surface area (Å²) in [5.74, 6) is 1.31. The van der Waals surface area contributed by atoms with Gasteiger partial charge in [-0.15, -0.1) is 0 Å². The molecule has 0 radical (unpaired) electrons. The van der Waals surface area contributed by atoms with E-state index in [4.69, 9.17) is 9.15 Å². The van der Waals surface area contributed by atoms with Gasteiger partial charge in [-0.3, -0.25) is 4.79 Å². The van der Waals surface area contributed by atoms with Crippen molar-refractivity contribution in [3.63, 3.8) is 0 Å². The van der Waals surface area contributed by atoms with Crippen molar-refractivity contribution in [3.05, 3.63) is 112 Å². The lowest BCUT2D eigenvalue weighted by atomic mass is 9.95. The van der Waals surface area contributed by atoms with Gasteiger partial charge >= 0.3 is 0 Å². The zero-order valence-corrected chi connectivity index (χ0v) is 19.2. The number of hydrogen-bond donors (Lipinski definition) is 1. The standard InChI is InChI=1S/C30H26O4/c1-19(2)28-16-27(32)30-26(25-13-6-4-9-21(25)17-31)14-23(15-29(30)34-28)33-18-22-11-7-10-20-8-3-5-12-24(20)22/h3-16,19,31H,17-18H2,1-2H3. The highest BCUT2D eigenvalue weighted by Gasteiger charge is 2.17. The largest absolute Gasteiger partial charge is 0.489 e. The number of fused-ring (bicyclic) bond motifs is 2. The van der Waals surface area contributed by atoms with E-state index < -0.39 is 0 Å². The van der Waals surface area contributed by atoms with Gasteiger partial charge in [-0.25, -0.2) is 0 Å². The zero-order valence-electron chi connectivity index (χ0n) is 19.2. The molecule has 0 atom stereocenters. The van der Waals surface area contributed by atoms with Gasteiger partial charge in [0.15, 0.2) is 5.43 Å². The molecule has 0 fully saturated rings. The SMILES string of the molecule is CC(C)c1cc(=O)c2c(-c3ccccc3CO)cc(OCc3cccc4ccccc34)cc2o1. The van der Waals surface area contributed by atoms with Gasteiger partial charge in [0.05, 0.1) is 12.0 Å². The summed E-state index contributed by atoms with van der Waals surface area (Å²) in [6, 6.07) is 27.1. The molecule has 5 aromatic rings. The fourth-order valence-electron chi connectivity index (χ4n) is 4.36. The van der Waals surface area contributed by atoms with E-state index in [2.05, 4.69) is 24.3 Å². The van der Waals surface area contributed by atoms with E-state index in [9.17, 15) is 9.90 Å². The first-order valence-corrected chi connectivity index (χ1v) is 11.5. The van der Waals surface area contributed by atoms with Crippen molar-refractivity contribution in [3.8, 4) is 16.9 Å². The second-order valence-electron chi connectivity index (χ2n) is 8.75. The third-order valence-electron chi connectivity index (χ3n) is 6.14. The smallest absolute Gasteiger partial charge is 0.193 e. The van der Waals surface area contributed by atoms with Crippen LogP contribution in [0.15, 0.2) is 94.1 Å². The van der Waals surface area contributed by atoms with Crippen LogP contribution in [0.25, 0.3) is 32.9 Å². The minimum atomic E-state index is -0.131. The van der Waals surface area contributed by atoms with Crippen molar-refractivity contribution in [2.24, 2.45) is 0 Å². The van der Waals surface area contributed by atoms with Gasteiger partial charge in [0, 0.05) is 23.6 Å². The summed E-state index contributed by atoms with van der Waals surface area (Å²) >= 11 is 0. The molecule has 1 aromatic heterocycles. The topological polar surface area (TPSA) is 59.7 Å². The number of hydrogen-bond acceptors (Lipinski definition) is 4. The summed E-state index contributed by atoms with van der Waals surface area (Å²) in [5.41, 5.74) is 3.67. The lowest BCUT2D eigenvalue weighted by Crippen LogP contribution is -2.06. The maximum atomic E-state index is 13.2. The number of rotatable bonds is 6. The summed E-state index contributed by atoms with van der Waals surface area (Å²) in [6.07, 6.45) is 0. The van der Waals surface area contributed by atoms with Gasteiger partial charge in [0.1, 0.15) is 23.7 Å². The Bertz CT molecular complexity index is 1540. The van der Waals surface area contributed by atoms with Crippen molar-refractivity contribution < 1.29 is 14.3 Å². The van der Waals surface area contributed by atoms with E-state index in [0.29, 0.717) is 34.6 Å². The molecule has 0 amide bonds. The molecule has 1 heterocycles. The summed E-state index contributed by atoms with van der Waals surface area (Å²) in [5, 5.41) is 12.7. The highest BCUT2D eigenvalue weighted by atomic mass is 16.5. The van der Waals surface area contributed by atoms with Gasteiger partial charge in [0.2, 0.25) is 0 Å². The molecule has 4 aromatic carbocycles. The van der Waals surface area contributed by atoms with Gasteiger partial charge in [-0.05, 0) is 33.5 Å². The molecule has 0 aliphatic heterocycles. The Kier molecular flexibility index (Phi) is 5.91. The molecule has 5 rings (SSSR count). The highest BCUT2D eigenvalue weighted by Crippen LogP contribution is 2.35. The maximum Gasteiger partial charge on any atom is 0.193 e. The van der Waals surface area contributed by atoms with Gasteiger partial charge in [-0.1, -0.05) is 80.6 Å². The number of benzene rings is 4. The van der Waals surface area contributed by atoms with Crippen LogP contribution in [0.3, 0.4) is 0 Å². The Hall–Kier alpha value is -3.89. The predicted octanol–water partition coefficient (Wildman–Crippen LogP) is 6.81. The van der Waals surface area contributed by atoms with Gasteiger partial charge in [-0.2, -0.15) is 0 Å². The van der Waals surface area contributed by atoms with E-state index in [1.807, 2.05) is 62.4 Å². The molecular formula is C30H26O4. The number of aliphatic hydroxyl groups is 1. The number of aliphatic hydroxyl groups excluding tert-OH is 1. The Morgan fingerprint density at radius 2 is 1.59 bits per heavy atom. The molecule has 0 spiro atoms. The Labute approximate surface area is 198 Å². The van der Waals surface area contributed by atoms with Crippen LogP contribution in [-0.4, -0.2) is 5.11 Å². The third-order valence-corrected chi connectivity index (χ3v) is 6.14. The zero-order chi connectivity index (χ0) is 23.7. The maximum absolute atomic E-state index is 13.2. The van der Waals surface area contributed by atoms with Crippen LogP contribution < -0.4 is 10.2 Å². The Balaban J connectivity index is 1.65. The average Bonchev–Trinajstić information content (AvgIpc) is 2.86. The molecule has 4 heteroatoms. The molecule has 0 saturated carbocycles. The van der Waals surface area contributed by atoms with Crippen molar-refractivity contribution in [1.29, 1.82) is 0 Å². The van der Waals surface area contributed by atoms with Crippen LogP contribution in [0.2, 0.25) is 0 Å². The lowest BCUT2D eigenvalue weighted by molar-refractivity contribution is 0.282. The van der Waals surface area contributed by atoms with Crippen LogP contribution in [0, 0.1) is 0 Å². The van der Waals surface area contributed by atoms with E-state index in [0.717, 1.165) is 27.5 Å².